The van der Waals surface area contributed by atoms with E-state index in [4.69, 9.17) is 5.26 Å². The van der Waals surface area contributed by atoms with Gasteiger partial charge in [-0.2, -0.15) is 5.26 Å². The van der Waals surface area contributed by atoms with Gasteiger partial charge in [-0.1, -0.05) is 6.07 Å². The molecule has 0 heterocycles. The summed E-state index contributed by atoms with van der Waals surface area (Å²) in [7, 11) is 1.84. The number of halogens is 1. The van der Waals surface area contributed by atoms with Crippen molar-refractivity contribution in [1.82, 2.24) is 4.90 Å². The van der Waals surface area contributed by atoms with Crippen molar-refractivity contribution in [2.75, 3.05) is 13.6 Å². The lowest BCUT2D eigenvalue weighted by atomic mass is 10.1. The molecule has 0 aliphatic heterocycles. The summed E-state index contributed by atoms with van der Waals surface area (Å²) in [6.07, 6.45) is -0.420. The number of nitriles is 1. The number of hydrogen-bond acceptors (Lipinski definition) is 3. The molecule has 0 spiro atoms. The molecule has 1 unspecified atom stereocenters. The van der Waals surface area contributed by atoms with Gasteiger partial charge >= 0.3 is 0 Å². The van der Waals surface area contributed by atoms with Crippen LogP contribution in [0.3, 0.4) is 0 Å². The Morgan fingerprint density at radius 2 is 2.25 bits per heavy atom. The fourth-order valence-corrected chi connectivity index (χ4v) is 1.60. The van der Waals surface area contributed by atoms with E-state index in [1.165, 1.54) is 12.1 Å². The highest BCUT2D eigenvalue weighted by atomic mass is 19.1. The molecule has 3 nitrogen and oxygen atoms in total. The molecule has 0 aliphatic rings. The van der Waals surface area contributed by atoms with Gasteiger partial charge in [0.05, 0.1) is 17.7 Å². The number of likely N-dealkylation sites (N-methyl/N-ethyl adjacent to an activating group) is 1. The summed E-state index contributed by atoms with van der Waals surface area (Å²) in [5.41, 5.74) is 1.12. The second kappa shape index (κ2) is 5.59. The van der Waals surface area contributed by atoms with Gasteiger partial charge in [0.2, 0.25) is 0 Å². The Kier molecular flexibility index (Phi) is 4.41. The molecule has 0 aromatic heterocycles. The van der Waals surface area contributed by atoms with Gasteiger partial charge < -0.3 is 5.11 Å². The summed E-state index contributed by atoms with van der Waals surface area (Å²) in [5, 5.41) is 18.1. The third-order valence-electron chi connectivity index (χ3n) is 2.21. The Morgan fingerprint density at radius 1 is 1.56 bits per heavy atom. The molecule has 1 atom stereocenters. The second-order valence-corrected chi connectivity index (χ2v) is 3.96. The molecule has 0 fully saturated rings. The monoisotopic (exact) mass is 222 g/mol. The first-order valence-corrected chi connectivity index (χ1v) is 5.08. The Morgan fingerprint density at radius 3 is 2.81 bits per heavy atom. The number of aliphatic hydroxyl groups excluding tert-OH is 1. The van der Waals surface area contributed by atoms with Crippen molar-refractivity contribution in [1.29, 1.82) is 5.26 Å². The minimum Gasteiger partial charge on any atom is -0.392 e. The zero-order valence-corrected chi connectivity index (χ0v) is 9.44. The maximum Gasteiger partial charge on any atom is 0.124 e. The SMILES string of the molecule is CC(O)CN(C)Cc1ccc(F)cc1C#N. The summed E-state index contributed by atoms with van der Waals surface area (Å²) < 4.78 is 12.9. The van der Waals surface area contributed by atoms with Crippen molar-refractivity contribution in [2.45, 2.75) is 19.6 Å². The minimum absolute atomic E-state index is 0.345. The van der Waals surface area contributed by atoms with Gasteiger partial charge in [-0.25, -0.2) is 4.39 Å². The summed E-state index contributed by atoms with van der Waals surface area (Å²) in [6, 6.07) is 6.14. The van der Waals surface area contributed by atoms with Gasteiger partial charge in [-0.15, -0.1) is 0 Å². The zero-order chi connectivity index (χ0) is 12.1. The third-order valence-corrected chi connectivity index (χ3v) is 2.21. The number of benzene rings is 1. The van der Waals surface area contributed by atoms with E-state index in [-0.39, 0.29) is 0 Å². The lowest BCUT2D eigenvalue weighted by molar-refractivity contribution is 0.138. The van der Waals surface area contributed by atoms with Crippen molar-refractivity contribution in [3.8, 4) is 6.07 Å². The summed E-state index contributed by atoms with van der Waals surface area (Å²) in [5.74, 6) is -0.404. The maximum absolute atomic E-state index is 12.9. The van der Waals surface area contributed by atoms with E-state index in [0.29, 0.717) is 18.7 Å². The molecule has 0 amide bonds. The van der Waals surface area contributed by atoms with Crippen molar-refractivity contribution in [3.63, 3.8) is 0 Å². The normalized spacial score (nSPS) is 12.5. The van der Waals surface area contributed by atoms with Crippen molar-refractivity contribution < 1.29 is 9.50 Å². The van der Waals surface area contributed by atoms with Gasteiger partial charge in [0.15, 0.2) is 0 Å². The highest BCUT2D eigenvalue weighted by Crippen LogP contribution is 2.12. The summed E-state index contributed by atoms with van der Waals surface area (Å²) >= 11 is 0. The first kappa shape index (κ1) is 12.6. The van der Waals surface area contributed by atoms with Crippen molar-refractivity contribution in [3.05, 3.63) is 35.1 Å². The Hall–Kier alpha value is -1.44. The van der Waals surface area contributed by atoms with Crippen LogP contribution in [0, 0.1) is 17.1 Å². The third kappa shape index (κ3) is 3.61. The van der Waals surface area contributed by atoms with Gasteiger partial charge in [0.25, 0.3) is 0 Å². The molecular formula is C12H15FN2O. The molecule has 86 valence electrons. The molecule has 1 rings (SSSR count). The lowest BCUT2D eigenvalue weighted by Crippen LogP contribution is -2.27. The Labute approximate surface area is 94.7 Å². The van der Waals surface area contributed by atoms with Gasteiger partial charge in [0, 0.05) is 13.1 Å². The van der Waals surface area contributed by atoms with Gasteiger partial charge in [-0.05, 0) is 31.7 Å². The highest BCUT2D eigenvalue weighted by molar-refractivity contribution is 5.37. The van der Waals surface area contributed by atoms with Crippen LogP contribution >= 0.6 is 0 Å². The molecule has 1 N–H and O–H groups in total. The first-order valence-electron chi connectivity index (χ1n) is 5.08. The zero-order valence-electron chi connectivity index (χ0n) is 9.44. The molecule has 1 aromatic carbocycles. The number of hydrogen-bond donors (Lipinski definition) is 1. The van der Waals surface area contributed by atoms with Crippen LogP contribution in [-0.2, 0) is 6.54 Å². The molecule has 1 aromatic rings. The van der Waals surface area contributed by atoms with Crippen LogP contribution in [-0.4, -0.2) is 29.7 Å². The van der Waals surface area contributed by atoms with Crippen LogP contribution in [0.4, 0.5) is 4.39 Å². The van der Waals surface area contributed by atoms with Crippen LogP contribution in [0.2, 0.25) is 0 Å². The molecule has 0 bridgehead atoms. The number of aliphatic hydroxyl groups is 1. The fraction of sp³-hybridized carbons (Fsp3) is 0.417. The van der Waals surface area contributed by atoms with Crippen LogP contribution < -0.4 is 0 Å². The molecule has 4 heteroatoms. The lowest BCUT2D eigenvalue weighted by Gasteiger charge is -2.18. The minimum atomic E-state index is -0.420. The fourth-order valence-electron chi connectivity index (χ4n) is 1.60. The summed E-state index contributed by atoms with van der Waals surface area (Å²) in [4.78, 5) is 1.89. The molecule has 0 saturated carbocycles. The van der Waals surface area contributed by atoms with Gasteiger partial charge in [0.1, 0.15) is 5.82 Å². The van der Waals surface area contributed by atoms with E-state index in [9.17, 15) is 9.50 Å². The number of nitrogens with zero attached hydrogens (tertiary/aromatic N) is 2. The average molecular weight is 222 g/mol. The standard InChI is InChI=1S/C12H15FN2O/c1-9(16)7-15(2)8-10-3-4-12(13)5-11(10)6-14/h3-5,9,16H,7-8H2,1-2H3. The van der Waals surface area contributed by atoms with E-state index >= 15 is 0 Å². The average Bonchev–Trinajstić information content (AvgIpc) is 2.19. The molecule has 16 heavy (non-hydrogen) atoms. The predicted octanol–water partition coefficient (Wildman–Crippen LogP) is 1.51. The van der Waals surface area contributed by atoms with E-state index < -0.39 is 11.9 Å². The second-order valence-electron chi connectivity index (χ2n) is 3.96. The van der Waals surface area contributed by atoms with Crippen molar-refractivity contribution in [2.24, 2.45) is 0 Å². The molecular weight excluding hydrogens is 207 g/mol. The predicted molar refractivity (Wildman–Crippen MR) is 59.1 cm³/mol. The Balaban J connectivity index is 2.77. The van der Waals surface area contributed by atoms with Crippen molar-refractivity contribution >= 4 is 0 Å². The van der Waals surface area contributed by atoms with E-state index in [2.05, 4.69) is 0 Å². The largest absolute Gasteiger partial charge is 0.392 e. The Bertz CT molecular complexity index is 398. The maximum atomic E-state index is 12.9. The van der Waals surface area contributed by atoms with Crippen LogP contribution in [0.25, 0.3) is 0 Å². The van der Waals surface area contributed by atoms with E-state index in [1.807, 2.05) is 18.0 Å². The summed E-state index contributed by atoms with van der Waals surface area (Å²) in [6.45, 7) is 2.74. The van der Waals surface area contributed by atoms with E-state index in [1.54, 1.807) is 13.0 Å². The molecule has 0 radical (unpaired) electrons. The smallest absolute Gasteiger partial charge is 0.124 e. The quantitative estimate of drug-likeness (QED) is 0.840. The molecule has 0 aliphatic carbocycles. The van der Waals surface area contributed by atoms with E-state index in [0.717, 1.165) is 5.56 Å². The highest BCUT2D eigenvalue weighted by Gasteiger charge is 2.08. The van der Waals surface area contributed by atoms with Gasteiger partial charge in [-0.3, -0.25) is 4.90 Å². The van der Waals surface area contributed by atoms with Crippen LogP contribution in [0.15, 0.2) is 18.2 Å². The van der Waals surface area contributed by atoms with Crippen LogP contribution in [0.1, 0.15) is 18.1 Å². The van der Waals surface area contributed by atoms with Crippen LogP contribution in [0.5, 0.6) is 0 Å². The topological polar surface area (TPSA) is 47.3 Å². The first-order chi connectivity index (χ1) is 7.52. The molecule has 0 saturated heterocycles. The number of rotatable bonds is 4.